The molecule has 0 amide bonds. The average Bonchev–Trinajstić information content (AvgIpc) is 2.68. The molecule has 2 unspecified atom stereocenters. The fraction of sp³-hybridized carbons (Fsp3) is 0.636. The van der Waals surface area contributed by atoms with Gasteiger partial charge in [-0.15, -0.1) is 11.8 Å². The number of hydrogen-bond donors (Lipinski definition) is 1. The van der Waals surface area contributed by atoms with Crippen molar-refractivity contribution in [2.24, 2.45) is 0 Å². The lowest BCUT2D eigenvalue weighted by Gasteiger charge is -2.19. The molecular formula is C11H17N3S. The second-order valence-electron chi connectivity index (χ2n) is 3.80. The SMILES string of the molecule is CCNC1CCCC1Sc1ccncn1. The Labute approximate surface area is 95.1 Å². The quantitative estimate of drug-likeness (QED) is 0.793. The van der Waals surface area contributed by atoms with E-state index in [1.54, 1.807) is 6.33 Å². The van der Waals surface area contributed by atoms with Gasteiger partial charge < -0.3 is 5.32 Å². The third-order valence-corrected chi connectivity index (χ3v) is 4.10. The molecule has 0 aromatic carbocycles. The monoisotopic (exact) mass is 223 g/mol. The molecule has 2 rings (SSSR count). The molecule has 1 fully saturated rings. The molecule has 1 heterocycles. The van der Waals surface area contributed by atoms with Crippen molar-refractivity contribution in [3.63, 3.8) is 0 Å². The topological polar surface area (TPSA) is 37.8 Å². The minimum Gasteiger partial charge on any atom is -0.313 e. The lowest BCUT2D eigenvalue weighted by atomic mass is 10.2. The summed E-state index contributed by atoms with van der Waals surface area (Å²) < 4.78 is 0. The van der Waals surface area contributed by atoms with Gasteiger partial charge in [-0.05, 0) is 25.5 Å². The van der Waals surface area contributed by atoms with Gasteiger partial charge >= 0.3 is 0 Å². The predicted octanol–water partition coefficient (Wildman–Crippen LogP) is 2.10. The molecule has 1 aliphatic rings. The van der Waals surface area contributed by atoms with Crippen molar-refractivity contribution in [3.05, 3.63) is 18.6 Å². The van der Waals surface area contributed by atoms with Crippen molar-refractivity contribution >= 4 is 11.8 Å². The maximum Gasteiger partial charge on any atom is 0.116 e. The Balaban J connectivity index is 1.93. The van der Waals surface area contributed by atoms with E-state index in [9.17, 15) is 0 Å². The first-order valence-electron chi connectivity index (χ1n) is 5.56. The van der Waals surface area contributed by atoms with Crippen LogP contribution in [-0.4, -0.2) is 27.8 Å². The largest absolute Gasteiger partial charge is 0.313 e. The highest BCUT2D eigenvalue weighted by atomic mass is 32.2. The summed E-state index contributed by atoms with van der Waals surface area (Å²) >= 11 is 1.89. The van der Waals surface area contributed by atoms with E-state index in [4.69, 9.17) is 0 Å². The molecule has 1 N–H and O–H groups in total. The zero-order chi connectivity index (χ0) is 10.5. The summed E-state index contributed by atoms with van der Waals surface area (Å²) in [5, 5.41) is 5.33. The Morgan fingerprint density at radius 2 is 2.47 bits per heavy atom. The smallest absolute Gasteiger partial charge is 0.116 e. The van der Waals surface area contributed by atoms with Crippen LogP contribution in [0.2, 0.25) is 0 Å². The summed E-state index contributed by atoms with van der Waals surface area (Å²) in [4.78, 5) is 8.20. The lowest BCUT2D eigenvalue weighted by molar-refractivity contribution is 0.550. The summed E-state index contributed by atoms with van der Waals surface area (Å²) in [6.07, 6.45) is 7.37. The van der Waals surface area contributed by atoms with Crippen LogP contribution in [0.4, 0.5) is 0 Å². The summed E-state index contributed by atoms with van der Waals surface area (Å²) in [7, 11) is 0. The van der Waals surface area contributed by atoms with Gasteiger partial charge in [-0.1, -0.05) is 13.3 Å². The molecule has 1 aromatic rings. The lowest BCUT2D eigenvalue weighted by Crippen LogP contribution is -2.33. The van der Waals surface area contributed by atoms with E-state index < -0.39 is 0 Å². The van der Waals surface area contributed by atoms with Gasteiger partial charge in [0.05, 0.1) is 5.03 Å². The fourth-order valence-corrected chi connectivity index (χ4v) is 3.30. The van der Waals surface area contributed by atoms with Gasteiger partial charge in [0.25, 0.3) is 0 Å². The fourth-order valence-electron chi connectivity index (χ4n) is 2.07. The molecule has 1 aromatic heterocycles. The predicted molar refractivity (Wildman–Crippen MR) is 63.0 cm³/mol. The van der Waals surface area contributed by atoms with Crippen LogP contribution in [0.25, 0.3) is 0 Å². The first kappa shape index (κ1) is 10.9. The molecule has 0 radical (unpaired) electrons. The third-order valence-electron chi connectivity index (χ3n) is 2.75. The molecular weight excluding hydrogens is 206 g/mol. The number of rotatable bonds is 4. The van der Waals surface area contributed by atoms with E-state index in [-0.39, 0.29) is 0 Å². The van der Waals surface area contributed by atoms with Crippen molar-refractivity contribution in [1.29, 1.82) is 0 Å². The maximum absolute atomic E-state index is 4.26. The average molecular weight is 223 g/mol. The van der Waals surface area contributed by atoms with Gasteiger partial charge in [0.15, 0.2) is 0 Å². The van der Waals surface area contributed by atoms with Crippen LogP contribution in [0.5, 0.6) is 0 Å². The maximum atomic E-state index is 4.26. The Kier molecular flexibility index (Phi) is 3.97. The standard InChI is InChI=1S/C11H17N3S/c1-2-13-9-4-3-5-10(9)15-11-6-7-12-8-14-11/h6-10,13H,2-5H2,1H3. The highest BCUT2D eigenvalue weighted by molar-refractivity contribution is 7.99. The van der Waals surface area contributed by atoms with Gasteiger partial charge in [-0.3, -0.25) is 0 Å². The minimum absolute atomic E-state index is 0.662. The van der Waals surface area contributed by atoms with Gasteiger partial charge in [0, 0.05) is 17.5 Å². The zero-order valence-electron chi connectivity index (χ0n) is 9.02. The normalized spacial score (nSPS) is 25.7. The van der Waals surface area contributed by atoms with Crippen LogP contribution >= 0.6 is 11.8 Å². The van der Waals surface area contributed by atoms with Crippen molar-refractivity contribution in [1.82, 2.24) is 15.3 Å². The van der Waals surface area contributed by atoms with E-state index in [1.807, 2.05) is 24.0 Å². The molecule has 0 bridgehead atoms. The molecule has 0 saturated heterocycles. The second-order valence-corrected chi connectivity index (χ2v) is 5.06. The van der Waals surface area contributed by atoms with Gasteiger partial charge in [0.1, 0.15) is 6.33 Å². The van der Waals surface area contributed by atoms with Crippen LogP contribution in [0.1, 0.15) is 26.2 Å². The van der Waals surface area contributed by atoms with Gasteiger partial charge in [-0.2, -0.15) is 0 Å². The summed E-state index contributed by atoms with van der Waals surface area (Å²) in [5.74, 6) is 0. The third kappa shape index (κ3) is 2.92. The highest BCUT2D eigenvalue weighted by Gasteiger charge is 2.27. The molecule has 15 heavy (non-hydrogen) atoms. The molecule has 82 valence electrons. The molecule has 0 aliphatic heterocycles. The molecule has 3 nitrogen and oxygen atoms in total. The number of aromatic nitrogens is 2. The Hall–Kier alpha value is -0.610. The number of nitrogens with zero attached hydrogens (tertiary/aromatic N) is 2. The zero-order valence-corrected chi connectivity index (χ0v) is 9.83. The molecule has 2 atom stereocenters. The van der Waals surface area contributed by atoms with Crippen LogP contribution < -0.4 is 5.32 Å². The molecule has 4 heteroatoms. The van der Waals surface area contributed by atoms with Crippen molar-refractivity contribution in [3.8, 4) is 0 Å². The Bertz CT molecular complexity index is 291. The first-order valence-corrected chi connectivity index (χ1v) is 6.44. The first-order chi connectivity index (χ1) is 7.40. The summed E-state index contributed by atoms with van der Waals surface area (Å²) in [5.41, 5.74) is 0. The summed E-state index contributed by atoms with van der Waals surface area (Å²) in [6.45, 7) is 3.23. The van der Waals surface area contributed by atoms with Crippen LogP contribution in [-0.2, 0) is 0 Å². The number of nitrogens with one attached hydrogen (secondary N) is 1. The van der Waals surface area contributed by atoms with Crippen molar-refractivity contribution in [2.45, 2.75) is 42.5 Å². The highest BCUT2D eigenvalue weighted by Crippen LogP contribution is 2.33. The Morgan fingerprint density at radius 1 is 1.53 bits per heavy atom. The van der Waals surface area contributed by atoms with Crippen molar-refractivity contribution in [2.75, 3.05) is 6.54 Å². The van der Waals surface area contributed by atoms with E-state index >= 15 is 0 Å². The molecule has 1 aliphatic carbocycles. The summed E-state index contributed by atoms with van der Waals surface area (Å²) in [6, 6.07) is 2.65. The number of hydrogen-bond acceptors (Lipinski definition) is 4. The Morgan fingerprint density at radius 3 is 3.20 bits per heavy atom. The van der Waals surface area contributed by atoms with Gasteiger partial charge in [0.2, 0.25) is 0 Å². The minimum atomic E-state index is 0.662. The molecule has 0 spiro atoms. The second kappa shape index (κ2) is 5.47. The number of thioether (sulfide) groups is 1. The molecule has 1 saturated carbocycles. The van der Waals surface area contributed by atoms with Crippen LogP contribution in [0, 0.1) is 0 Å². The van der Waals surface area contributed by atoms with Crippen LogP contribution in [0.3, 0.4) is 0 Å². The van der Waals surface area contributed by atoms with E-state index in [0.29, 0.717) is 11.3 Å². The van der Waals surface area contributed by atoms with E-state index in [1.165, 1.54) is 19.3 Å². The van der Waals surface area contributed by atoms with E-state index in [0.717, 1.165) is 11.6 Å². The van der Waals surface area contributed by atoms with Gasteiger partial charge in [-0.25, -0.2) is 9.97 Å². The van der Waals surface area contributed by atoms with Crippen LogP contribution in [0.15, 0.2) is 23.6 Å². The van der Waals surface area contributed by atoms with Crippen molar-refractivity contribution < 1.29 is 0 Å². The van der Waals surface area contributed by atoms with E-state index in [2.05, 4.69) is 22.2 Å².